The Morgan fingerprint density at radius 3 is 2.39 bits per heavy atom. The predicted molar refractivity (Wildman–Crippen MR) is 106 cm³/mol. The number of benzene rings is 2. The lowest BCUT2D eigenvalue weighted by molar-refractivity contribution is -0.268. The Hall–Kier alpha value is -3.31. The van der Waals surface area contributed by atoms with Crippen LogP contribution >= 0.6 is 0 Å². The molecule has 1 aromatic heterocycles. The molecule has 1 aliphatic heterocycles. The van der Waals surface area contributed by atoms with Crippen molar-refractivity contribution in [1.82, 2.24) is 0 Å². The minimum absolute atomic E-state index is 0.0486. The minimum atomic E-state index is -1.58. The van der Waals surface area contributed by atoms with E-state index >= 15 is 0 Å². The molecule has 164 valence electrons. The van der Waals surface area contributed by atoms with Crippen molar-refractivity contribution in [2.45, 2.75) is 37.6 Å². The van der Waals surface area contributed by atoms with Gasteiger partial charge in [-0.05, 0) is 25.1 Å². The van der Waals surface area contributed by atoms with E-state index in [2.05, 4.69) is 0 Å². The molecule has 2 heterocycles. The van der Waals surface area contributed by atoms with Crippen LogP contribution in [-0.4, -0.2) is 61.3 Å². The molecule has 0 saturated carbocycles. The number of aliphatic hydroxyl groups excluding tert-OH is 3. The maximum absolute atomic E-state index is 12.4. The molecule has 0 unspecified atom stereocenters. The molecular formula is C21H20O10. The Kier molecular flexibility index (Phi) is 5.23. The molecule has 10 heteroatoms. The third-order valence-electron chi connectivity index (χ3n) is 5.09. The molecule has 1 saturated heterocycles. The first-order chi connectivity index (χ1) is 14.7. The number of phenols is 3. The Bertz CT molecular complexity index is 1190. The molecule has 0 amide bonds. The van der Waals surface area contributed by atoms with Crippen molar-refractivity contribution in [3.8, 4) is 34.3 Å². The summed E-state index contributed by atoms with van der Waals surface area (Å²) in [6.07, 6.45) is -6.63. The van der Waals surface area contributed by atoms with Crippen molar-refractivity contribution in [3.05, 3.63) is 46.6 Å². The first-order valence-corrected chi connectivity index (χ1v) is 9.35. The van der Waals surface area contributed by atoms with Gasteiger partial charge in [0.05, 0.1) is 6.10 Å². The van der Waals surface area contributed by atoms with Crippen LogP contribution in [0.15, 0.2) is 45.6 Å². The van der Waals surface area contributed by atoms with Crippen molar-refractivity contribution in [3.63, 3.8) is 0 Å². The van der Waals surface area contributed by atoms with Crippen molar-refractivity contribution >= 4 is 11.0 Å². The van der Waals surface area contributed by atoms with Crippen LogP contribution in [0.1, 0.15) is 6.92 Å². The molecule has 1 fully saturated rings. The number of ether oxygens (including phenoxy) is 2. The summed E-state index contributed by atoms with van der Waals surface area (Å²) in [5, 5.41) is 59.4. The van der Waals surface area contributed by atoms with E-state index in [1.807, 2.05) is 0 Å². The smallest absolute Gasteiger partial charge is 0.229 e. The maximum atomic E-state index is 12.4. The average molecular weight is 432 g/mol. The van der Waals surface area contributed by atoms with Gasteiger partial charge in [-0.3, -0.25) is 4.79 Å². The molecule has 0 radical (unpaired) electrons. The molecular weight excluding hydrogens is 412 g/mol. The number of hydrogen-bond acceptors (Lipinski definition) is 10. The van der Waals surface area contributed by atoms with Gasteiger partial charge in [0.1, 0.15) is 46.5 Å². The van der Waals surface area contributed by atoms with E-state index in [4.69, 9.17) is 13.9 Å². The average Bonchev–Trinajstić information content (AvgIpc) is 2.71. The summed E-state index contributed by atoms with van der Waals surface area (Å²) in [5.41, 5.74) is -0.303. The summed E-state index contributed by atoms with van der Waals surface area (Å²) in [5.74, 6) is -1.12. The Morgan fingerprint density at radius 2 is 1.65 bits per heavy atom. The third kappa shape index (κ3) is 3.77. The van der Waals surface area contributed by atoms with Gasteiger partial charge < -0.3 is 44.5 Å². The van der Waals surface area contributed by atoms with Crippen molar-refractivity contribution < 1.29 is 44.5 Å². The predicted octanol–water partition coefficient (Wildman–Crippen LogP) is 0.783. The molecule has 31 heavy (non-hydrogen) atoms. The zero-order chi connectivity index (χ0) is 22.4. The van der Waals surface area contributed by atoms with Gasteiger partial charge in [-0.2, -0.15) is 0 Å². The SMILES string of the molecule is C[C@@H]1O[C@@H](Oc2cc(-c3cc(=O)c4c(O)cc(O)cc4o3)ccc2O)[C@H](O)[C@H](O)[C@H]1O. The van der Waals surface area contributed by atoms with Gasteiger partial charge >= 0.3 is 0 Å². The van der Waals surface area contributed by atoms with Gasteiger partial charge in [-0.25, -0.2) is 0 Å². The number of rotatable bonds is 3. The van der Waals surface area contributed by atoms with E-state index in [1.54, 1.807) is 0 Å². The first kappa shape index (κ1) is 20.9. The standard InChI is InChI=1S/C21H20O10/c1-8-18(26)19(27)20(28)21(29-8)31-15-4-9(2-3-11(15)23)14-7-13(25)17-12(24)5-10(22)6-16(17)30-14/h2-8,18-24,26-28H,1H3/t8-,18-,19+,20+,21-/m0/s1. The molecule has 6 N–H and O–H groups in total. The molecule has 0 bridgehead atoms. The topological polar surface area (TPSA) is 170 Å². The quantitative estimate of drug-likeness (QED) is 0.348. The summed E-state index contributed by atoms with van der Waals surface area (Å²) in [6, 6.07) is 7.35. The van der Waals surface area contributed by atoms with Crippen molar-refractivity contribution in [1.29, 1.82) is 0 Å². The number of aromatic hydroxyl groups is 3. The second-order valence-electron chi connectivity index (χ2n) is 7.29. The van der Waals surface area contributed by atoms with Crippen LogP contribution in [0.25, 0.3) is 22.3 Å². The zero-order valence-electron chi connectivity index (χ0n) is 16.2. The maximum Gasteiger partial charge on any atom is 0.229 e. The molecule has 2 aromatic carbocycles. The molecule has 4 rings (SSSR count). The van der Waals surface area contributed by atoms with Crippen molar-refractivity contribution in [2.75, 3.05) is 0 Å². The summed E-state index contributed by atoms with van der Waals surface area (Å²) < 4.78 is 16.5. The molecule has 0 spiro atoms. The first-order valence-electron chi connectivity index (χ1n) is 9.35. The van der Waals surface area contributed by atoms with E-state index in [9.17, 15) is 35.4 Å². The Morgan fingerprint density at radius 1 is 0.903 bits per heavy atom. The Balaban J connectivity index is 1.71. The fourth-order valence-electron chi connectivity index (χ4n) is 3.39. The highest BCUT2D eigenvalue weighted by Gasteiger charge is 2.43. The van der Waals surface area contributed by atoms with Crippen LogP contribution in [0.3, 0.4) is 0 Å². The second-order valence-corrected chi connectivity index (χ2v) is 7.29. The fourth-order valence-corrected chi connectivity index (χ4v) is 3.39. The summed E-state index contributed by atoms with van der Waals surface area (Å²) in [4.78, 5) is 12.4. The van der Waals surface area contributed by atoms with E-state index in [1.165, 1.54) is 31.2 Å². The lowest BCUT2D eigenvalue weighted by Crippen LogP contribution is -2.58. The second kappa shape index (κ2) is 7.75. The molecule has 1 aliphatic rings. The van der Waals surface area contributed by atoms with Gasteiger partial charge in [-0.1, -0.05) is 0 Å². The highest BCUT2D eigenvalue weighted by molar-refractivity contribution is 5.86. The summed E-state index contributed by atoms with van der Waals surface area (Å²) in [6.45, 7) is 1.49. The van der Waals surface area contributed by atoms with E-state index in [-0.39, 0.29) is 34.0 Å². The minimum Gasteiger partial charge on any atom is -0.508 e. The van der Waals surface area contributed by atoms with E-state index in [0.29, 0.717) is 5.56 Å². The summed E-state index contributed by atoms with van der Waals surface area (Å²) >= 11 is 0. The highest BCUT2D eigenvalue weighted by Crippen LogP contribution is 2.36. The van der Waals surface area contributed by atoms with Crippen LogP contribution in [0.4, 0.5) is 0 Å². The lowest BCUT2D eigenvalue weighted by atomic mass is 10.00. The van der Waals surface area contributed by atoms with Crippen molar-refractivity contribution in [2.24, 2.45) is 0 Å². The van der Waals surface area contributed by atoms with Gasteiger partial charge in [0.2, 0.25) is 6.29 Å². The zero-order valence-corrected chi connectivity index (χ0v) is 16.2. The van der Waals surface area contributed by atoms with Crippen LogP contribution in [-0.2, 0) is 4.74 Å². The third-order valence-corrected chi connectivity index (χ3v) is 5.09. The molecule has 3 aromatic rings. The highest BCUT2D eigenvalue weighted by atomic mass is 16.7. The van der Waals surface area contributed by atoms with Crippen LogP contribution < -0.4 is 10.2 Å². The van der Waals surface area contributed by atoms with Gasteiger partial charge in [-0.15, -0.1) is 0 Å². The van der Waals surface area contributed by atoms with Crippen LogP contribution in [0.5, 0.6) is 23.0 Å². The number of hydrogen-bond donors (Lipinski definition) is 6. The van der Waals surface area contributed by atoms with Gasteiger partial charge in [0.15, 0.2) is 16.9 Å². The van der Waals surface area contributed by atoms with E-state index < -0.39 is 41.9 Å². The Labute approximate surface area is 174 Å². The number of phenolic OH excluding ortho intramolecular Hbond substituents is 3. The number of aliphatic hydroxyl groups is 3. The van der Waals surface area contributed by atoms with Crippen LogP contribution in [0, 0.1) is 0 Å². The summed E-state index contributed by atoms with van der Waals surface area (Å²) in [7, 11) is 0. The lowest BCUT2D eigenvalue weighted by Gasteiger charge is -2.38. The molecule has 10 nitrogen and oxygen atoms in total. The monoisotopic (exact) mass is 432 g/mol. The number of fused-ring (bicyclic) bond motifs is 1. The largest absolute Gasteiger partial charge is 0.508 e. The normalized spacial score (nSPS) is 26.1. The molecule has 0 aliphatic carbocycles. The van der Waals surface area contributed by atoms with Crippen LogP contribution in [0.2, 0.25) is 0 Å². The van der Waals surface area contributed by atoms with Gasteiger partial charge in [0.25, 0.3) is 0 Å². The van der Waals surface area contributed by atoms with Gasteiger partial charge in [0, 0.05) is 23.8 Å². The van der Waals surface area contributed by atoms with E-state index in [0.717, 1.165) is 12.1 Å². The molecule has 5 atom stereocenters. The fraction of sp³-hybridized carbons (Fsp3) is 0.286.